The van der Waals surface area contributed by atoms with Crippen LogP contribution in [0, 0.1) is 0 Å². The zero-order valence-corrected chi connectivity index (χ0v) is 23.9. The number of amides is 1. The van der Waals surface area contributed by atoms with Crippen molar-refractivity contribution >= 4 is 30.9 Å². The second kappa shape index (κ2) is 10.9. The molecule has 5 rings (SSSR count). The van der Waals surface area contributed by atoms with Gasteiger partial charge in [-0.05, 0) is 73.1 Å². The van der Waals surface area contributed by atoms with E-state index < -0.39 is 41.2 Å². The Morgan fingerprint density at radius 2 is 1.54 bits per heavy atom. The summed E-state index contributed by atoms with van der Waals surface area (Å²) < 4.78 is 57.6. The molecule has 3 aromatic rings. The zero-order valence-electron chi connectivity index (χ0n) is 23.1. The van der Waals surface area contributed by atoms with E-state index in [1.807, 2.05) is 64.1 Å². The fourth-order valence-corrected chi connectivity index (χ4v) is 5.38. The van der Waals surface area contributed by atoms with E-state index in [1.165, 1.54) is 12.1 Å². The smallest absolute Gasteiger partial charge is 0.449 e. The summed E-state index contributed by atoms with van der Waals surface area (Å²) in [7, 11) is -0.852. The molecule has 0 bridgehead atoms. The van der Waals surface area contributed by atoms with E-state index in [0.717, 1.165) is 28.3 Å². The number of nitrogens with one attached hydrogen (secondary N) is 1. The number of carbonyl (C=O) groups excluding carboxylic acids is 1. The Bertz CT molecular complexity index is 1440. The minimum absolute atomic E-state index is 0.0217. The first kappa shape index (κ1) is 29.2. The minimum Gasteiger partial charge on any atom is -0.449 e. The molecule has 1 saturated heterocycles. The quantitative estimate of drug-likeness (QED) is 0.300. The fraction of sp³-hybridized carbons (Fsp3) is 0.323. The average molecular weight is 584 g/mol. The third-order valence-corrected chi connectivity index (χ3v) is 8.30. The maximum Gasteiger partial charge on any atom is 0.492 e. The Morgan fingerprint density at radius 1 is 0.976 bits per heavy atom. The van der Waals surface area contributed by atoms with Crippen LogP contribution in [0.2, 0.25) is 5.02 Å². The molecule has 0 saturated carbocycles. The highest BCUT2D eigenvalue weighted by atomic mass is 35.5. The predicted octanol–water partition coefficient (Wildman–Crippen LogP) is 7.91. The summed E-state index contributed by atoms with van der Waals surface area (Å²) in [6.07, 6.45) is -3.60. The van der Waals surface area contributed by atoms with Crippen LogP contribution in [0.5, 0.6) is 0 Å². The molecule has 1 fully saturated rings. The lowest BCUT2D eigenvalue weighted by Gasteiger charge is -2.32. The van der Waals surface area contributed by atoms with Crippen molar-refractivity contribution in [1.29, 1.82) is 0 Å². The van der Waals surface area contributed by atoms with Crippen molar-refractivity contribution in [3.63, 3.8) is 0 Å². The number of alkyl carbamates (subject to hydrolysis) is 1. The summed E-state index contributed by atoms with van der Waals surface area (Å²) in [4.78, 5) is 12.9. The largest absolute Gasteiger partial charge is 0.492 e. The SMILES string of the molecule is CC1(C)OB(C(=Cc2ccc(C(F)(F)F)c(Cl)c2)CNC(=O)OCC2c3ccccc3-c3ccccc32)OC1(C)C. The second-order valence-corrected chi connectivity index (χ2v) is 11.6. The number of ether oxygens (including phenoxy) is 1. The summed E-state index contributed by atoms with van der Waals surface area (Å²) in [5, 5.41) is 2.33. The van der Waals surface area contributed by atoms with E-state index in [2.05, 4.69) is 17.4 Å². The molecule has 41 heavy (non-hydrogen) atoms. The van der Waals surface area contributed by atoms with Gasteiger partial charge in [0.25, 0.3) is 0 Å². The van der Waals surface area contributed by atoms with Crippen LogP contribution in [-0.2, 0) is 20.2 Å². The van der Waals surface area contributed by atoms with E-state index in [0.29, 0.717) is 11.0 Å². The molecule has 0 spiro atoms. The zero-order chi connectivity index (χ0) is 29.6. The van der Waals surface area contributed by atoms with Crippen molar-refractivity contribution in [3.05, 3.63) is 99.5 Å². The first-order valence-electron chi connectivity index (χ1n) is 13.3. The van der Waals surface area contributed by atoms with Gasteiger partial charge in [-0.1, -0.05) is 72.3 Å². The van der Waals surface area contributed by atoms with Gasteiger partial charge in [-0.25, -0.2) is 4.79 Å². The van der Waals surface area contributed by atoms with Crippen LogP contribution in [0.25, 0.3) is 17.2 Å². The van der Waals surface area contributed by atoms with Crippen molar-refractivity contribution in [3.8, 4) is 11.1 Å². The van der Waals surface area contributed by atoms with E-state index in [1.54, 1.807) is 6.08 Å². The Morgan fingerprint density at radius 3 is 2.07 bits per heavy atom. The van der Waals surface area contributed by atoms with E-state index in [-0.39, 0.29) is 19.1 Å². The minimum atomic E-state index is -4.57. The summed E-state index contributed by atoms with van der Waals surface area (Å²) >= 11 is 5.95. The molecular weight excluding hydrogens is 554 g/mol. The van der Waals surface area contributed by atoms with Gasteiger partial charge in [-0.15, -0.1) is 0 Å². The topological polar surface area (TPSA) is 56.8 Å². The summed E-state index contributed by atoms with van der Waals surface area (Å²) in [5.74, 6) is -0.0967. The Hall–Kier alpha value is -3.27. The van der Waals surface area contributed by atoms with Gasteiger partial charge in [-0.2, -0.15) is 13.2 Å². The van der Waals surface area contributed by atoms with Gasteiger partial charge >= 0.3 is 19.4 Å². The molecule has 10 heteroatoms. The molecule has 0 aromatic heterocycles. The molecule has 2 aliphatic rings. The van der Waals surface area contributed by atoms with Gasteiger partial charge in [0.15, 0.2) is 0 Å². The number of benzene rings is 3. The highest BCUT2D eigenvalue weighted by Gasteiger charge is 2.52. The van der Waals surface area contributed by atoms with Crippen LogP contribution in [0.3, 0.4) is 0 Å². The molecule has 1 N–H and O–H groups in total. The molecule has 3 aromatic carbocycles. The lowest BCUT2D eigenvalue weighted by atomic mass is 9.77. The maximum atomic E-state index is 13.2. The highest BCUT2D eigenvalue weighted by molar-refractivity contribution is 6.56. The number of carbonyl (C=O) groups is 1. The Kier molecular flexibility index (Phi) is 7.74. The standard InChI is InChI=1S/C31H30BClF3NO4/c1-29(2)30(3,4)41-32(40-29)20(15-19-13-14-26(27(33)16-19)31(34,35)36)17-37-28(38)39-18-25-23-11-7-5-9-21(23)22-10-6-8-12-24(22)25/h5-16,25H,17-18H2,1-4H3,(H,37,38). The van der Waals surface area contributed by atoms with Gasteiger partial charge < -0.3 is 19.4 Å². The van der Waals surface area contributed by atoms with Crippen molar-refractivity contribution in [1.82, 2.24) is 5.32 Å². The average Bonchev–Trinajstić information content (AvgIpc) is 3.33. The number of hydrogen-bond donors (Lipinski definition) is 1. The van der Waals surface area contributed by atoms with E-state index >= 15 is 0 Å². The van der Waals surface area contributed by atoms with Crippen molar-refractivity contribution in [2.24, 2.45) is 0 Å². The normalized spacial score (nSPS) is 17.8. The number of rotatable bonds is 6. The second-order valence-electron chi connectivity index (χ2n) is 11.2. The van der Waals surface area contributed by atoms with Crippen LogP contribution < -0.4 is 5.32 Å². The molecule has 1 heterocycles. The Balaban J connectivity index is 1.32. The molecule has 0 atom stereocenters. The third-order valence-electron chi connectivity index (χ3n) is 7.99. The molecular formula is C31H30BClF3NO4. The molecule has 1 amide bonds. The van der Waals surface area contributed by atoms with Crippen molar-refractivity contribution in [2.45, 2.75) is 51.0 Å². The van der Waals surface area contributed by atoms with Crippen LogP contribution in [0.15, 0.2) is 72.2 Å². The van der Waals surface area contributed by atoms with Crippen molar-refractivity contribution in [2.75, 3.05) is 13.2 Å². The number of halogens is 4. The van der Waals surface area contributed by atoms with Gasteiger partial charge in [-0.3, -0.25) is 0 Å². The van der Waals surface area contributed by atoms with Gasteiger partial charge in [0.05, 0.1) is 21.8 Å². The fourth-order valence-electron chi connectivity index (χ4n) is 5.09. The summed E-state index contributed by atoms with van der Waals surface area (Å²) in [6.45, 7) is 7.67. The first-order chi connectivity index (χ1) is 19.3. The molecule has 214 valence electrons. The van der Waals surface area contributed by atoms with Crippen LogP contribution >= 0.6 is 11.6 Å². The Labute approximate surface area is 242 Å². The van der Waals surface area contributed by atoms with Gasteiger partial charge in [0.1, 0.15) is 6.61 Å². The first-order valence-corrected chi connectivity index (χ1v) is 13.7. The number of fused-ring (bicyclic) bond motifs is 3. The van der Waals surface area contributed by atoms with E-state index in [9.17, 15) is 18.0 Å². The lowest BCUT2D eigenvalue weighted by molar-refractivity contribution is -0.137. The van der Waals surface area contributed by atoms with Gasteiger partial charge in [0.2, 0.25) is 0 Å². The van der Waals surface area contributed by atoms with Crippen molar-refractivity contribution < 1.29 is 32.0 Å². The molecule has 0 radical (unpaired) electrons. The van der Waals surface area contributed by atoms with Crippen LogP contribution in [0.4, 0.5) is 18.0 Å². The van der Waals surface area contributed by atoms with Crippen LogP contribution in [-0.4, -0.2) is 37.6 Å². The van der Waals surface area contributed by atoms with Gasteiger partial charge in [0, 0.05) is 12.5 Å². The summed E-state index contributed by atoms with van der Waals surface area (Å²) in [5.41, 5.74) is 3.07. The highest BCUT2D eigenvalue weighted by Crippen LogP contribution is 2.44. The molecule has 1 aliphatic heterocycles. The monoisotopic (exact) mass is 583 g/mol. The molecule has 5 nitrogen and oxygen atoms in total. The van der Waals surface area contributed by atoms with E-state index in [4.69, 9.17) is 25.6 Å². The molecule has 1 aliphatic carbocycles. The number of alkyl halides is 3. The third kappa shape index (κ3) is 5.89. The maximum absolute atomic E-state index is 13.2. The predicted molar refractivity (Wildman–Crippen MR) is 154 cm³/mol. The molecule has 0 unspecified atom stereocenters. The number of hydrogen-bond acceptors (Lipinski definition) is 4. The van der Waals surface area contributed by atoms with Crippen LogP contribution in [0.1, 0.15) is 55.9 Å². The lowest BCUT2D eigenvalue weighted by Crippen LogP contribution is -2.41. The summed E-state index contributed by atoms with van der Waals surface area (Å²) in [6, 6.07) is 19.6.